The van der Waals surface area contributed by atoms with Crippen molar-refractivity contribution in [2.24, 2.45) is 5.92 Å². The highest BCUT2D eigenvalue weighted by Gasteiger charge is 2.29. The van der Waals surface area contributed by atoms with Crippen LogP contribution in [0.25, 0.3) is 0 Å². The van der Waals surface area contributed by atoms with Crippen LogP contribution < -0.4 is 22.3 Å². The number of hydrogen-bond donors (Lipinski definition) is 2. The molecule has 0 bridgehead atoms. The Morgan fingerprint density at radius 1 is 1.07 bits per heavy atom. The largest absolute Gasteiger partial charge is 0.383 e. The number of carbonyl (C=O) groups is 1. The number of benzene rings is 1. The molecule has 3 rings (SSSR count). The Morgan fingerprint density at radius 2 is 1.63 bits per heavy atom. The number of anilines is 2. The topological polar surface area (TPSA) is 99.1 Å². The van der Waals surface area contributed by atoms with Gasteiger partial charge >= 0.3 is 5.69 Å². The maximum absolute atomic E-state index is 12.8. The van der Waals surface area contributed by atoms with Crippen LogP contribution in [0, 0.1) is 5.92 Å². The molecule has 0 spiro atoms. The first-order chi connectivity index (χ1) is 13.0. The zero-order valence-electron chi connectivity index (χ0n) is 15.8. The van der Waals surface area contributed by atoms with Crippen molar-refractivity contribution >= 4 is 17.4 Å². The predicted molar refractivity (Wildman–Crippen MR) is 106 cm³/mol. The molecule has 0 unspecified atom stereocenters. The Kier molecular flexibility index (Phi) is 5.48. The van der Waals surface area contributed by atoms with E-state index in [1.54, 1.807) is 0 Å². The van der Waals surface area contributed by atoms with Crippen LogP contribution in [0.5, 0.6) is 0 Å². The summed E-state index contributed by atoms with van der Waals surface area (Å²) in [5, 5.41) is 2.72. The smallest absolute Gasteiger partial charge is 0.332 e. The zero-order chi connectivity index (χ0) is 19.6. The van der Waals surface area contributed by atoms with E-state index in [4.69, 9.17) is 5.73 Å². The fourth-order valence-electron chi connectivity index (χ4n) is 3.66. The minimum atomic E-state index is -0.532. The molecule has 0 saturated heterocycles. The number of fused-ring (bicyclic) bond motifs is 1. The van der Waals surface area contributed by atoms with E-state index in [2.05, 4.69) is 5.32 Å². The molecule has 1 aliphatic carbocycles. The molecular formula is C20H26N4O3. The van der Waals surface area contributed by atoms with Gasteiger partial charge in [-0.1, -0.05) is 38.1 Å². The quantitative estimate of drug-likeness (QED) is 0.809. The summed E-state index contributed by atoms with van der Waals surface area (Å²) in [6.07, 6.45) is 2.61. The third kappa shape index (κ3) is 3.54. The molecule has 2 aromatic rings. The van der Waals surface area contributed by atoms with E-state index in [1.165, 1.54) is 4.57 Å². The molecule has 7 nitrogen and oxygen atoms in total. The first kappa shape index (κ1) is 18.9. The number of rotatable bonds is 6. The SMILES string of the molecule is CCCn1c(N)c(NC(=O)C2Cc3ccccc3C2)c(=O)n(CCC)c1=O. The molecule has 3 N–H and O–H groups in total. The molecule has 1 aromatic heterocycles. The van der Waals surface area contributed by atoms with Gasteiger partial charge in [-0.2, -0.15) is 0 Å². The lowest BCUT2D eigenvalue weighted by Gasteiger charge is -2.17. The van der Waals surface area contributed by atoms with Gasteiger partial charge in [0.1, 0.15) is 11.5 Å². The number of amides is 1. The van der Waals surface area contributed by atoms with Gasteiger partial charge in [-0.15, -0.1) is 0 Å². The fraction of sp³-hybridized carbons (Fsp3) is 0.450. The lowest BCUT2D eigenvalue weighted by atomic mass is 10.1. The van der Waals surface area contributed by atoms with Crippen LogP contribution in [-0.4, -0.2) is 15.0 Å². The van der Waals surface area contributed by atoms with Crippen molar-refractivity contribution in [3.8, 4) is 0 Å². The van der Waals surface area contributed by atoms with E-state index in [0.717, 1.165) is 15.7 Å². The molecule has 0 saturated carbocycles. The standard InChI is InChI=1S/C20H26N4O3/c1-3-9-23-17(21)16(19(26)24(10-4-2)20(23)27)22-18(25)15-11-13-7-5-6-8-14(13)12-15/h5-8,15H,3-4,9-12,21H2,1-2H3,(H,22,25). The summed E-state index contributed by atoms with van der Waals surface area (Å²) in [7, 11) is 0. The van der Waals surface area contributed by atoms with E-state index >= 15 is 0 Å². The Hall–Kier alpha value is -2.83. The van der Waals surface area contributed by atoms with Gasteiger partial charge in [-0.3, -0.25) is 18.7 Å². The third-order valence-corrected chi connectivity index (χ3v) is 5.03. The maximum atomic E-state index is 12.8. The minimum Gasteiger partial charge on any atom is -0.383 e. The van der Waals surface area contributed by atoms with E-state index in [9.17, 15) is 14.4 Å². The summed E-state index contributed by atoms with van der Waals surface area (Å²) in [4.78, 5) is 38.2. The maximum Gasteiger partial charge on any atom is 0.332 e. The van der Waals surface area contributed by atoms with Crippen LogP contribution in [-0.2, 0) is 30.7 Å². The number of nitrogens with zero attached hydrogens (tertiary/aromatic N) is 2. The van der Waals surface area contributed by atoms with Crippen molar-refractivity contribution in [1.29, 1.82) is 0 Å². The lowest BCUT2D eigenvalue weighted by Crippen LogP contribution is -2.43. The highest BCUT2D eigenvalue weighted by Crippen LogP contribution is 2.27. The van der Waals surface area contributed by atoms with E-state index in [0.29, 0.717) is 38.8 Å². The van der Waals surface area contributed by atoms with Gasteiger partial charge in [-0.05, 0) is 36.8 Å². The Labute approximate surface area is 157 Å². The molecule has 0 fully saturated rings. The van der Waals surface area contributed by atoms with Crippen molar-refractivity contribution in [2.75, 3.05) is 11.1 Å². The molecule has 7 heteroatoms. The van der Waals surface area contributed by atoms with Gasteiger partial charge in [-0.25, -0.2) is 4.79 Å². The van der Waals surface area contributed by atoms with Gasteiger partial charge in [0, 0.05) is 19.0 Å². The van der Waals surface area contributed by atoms with Crippen LogP contribution in [0.3, 0.4) is 0 Å². The number of nitrogens with two attached hydrogens (primary N) is 1. The van der Waals surface area contributed by atoms with Crippen molar-refractivity contribution in [3.63, 3.8) is 0 Å². The second-order valence-corrected chi connectivity index (χ2v) is 7.01. The van der Waals surface area contributed by atoms with Crippen molar-refractivity contribution in [2.45, 2.75) is 52.6 Å². The third-order valence-electron chi connectivity index (χ3n) is 5.03. The van der Waals surface area contributed by atoms with Gasteiger partial charge in [0.2, 0.25) is 5.91 Å². The summed E-state index contributed by atoms with van der Waals surface area (Å²) in [6, 6.07) is 7.96. The molecule has 1 heterocycles. The summed E-state index contributed by atoms with van der Waals surface area (Å²) in [5.41, 5.74) is 7.47. The average molecular weight is 370 g/mol. The van der Waals surface area contributed by atoms with Gasteiger partial charge in [0.15, 0.2) is 0 Å². The highest BCUT2D eigenvalue weighted by atomic mass is 16.2. The van der Waals surface area contributed by atoms with Crippen molar-refractivity contribution in [1.82, 2.24) is 9.13 Å². The van der Waals surface area contributed by atoms with Crippen molar-refractivity contribution < 1.29 is 4.79 Å². The molecule has 0 aliphatic heterocycles. The molecule has 0 atom stereocenters. The van der Waals surface area contributed by atoms with Crippen LogP contribution in [0.2, 0.25) is 0 Å². The van der Waals surface area contributed by atoms with Gasteiger partial charge in [0.05, 0.1) is 0 Å². The molecular weight excluding hydrogens is 344 g/mol. The number of nitrogen functional groups attached to an aromatic ring is 1. The summed E-state index contributed by atoms with van der Waals surface area (Å²) in [6.45, 7) is 4.50. The van der Waals surface area contributed by atoms with E-state index in [-0.39, 0.29) is 23.3 Å². The minimum absolute atomic E-state index is 0.0115. The molecule has 27 heavy (non-hydrogen) atoms. The Morgan fingerprint density at radius 3 is 2.19 bits per heavy atom. The fourth-order valence-corrected chi connectivity index (χ4v) is 3.66. The second-order valence-electron chi connectivity index (χ2n) is 7.01. The normalized spacial score (nSPS) is 13.6. The molecule has 0 radical (unpaired) electrons. The van der Waals surface area contributed by atoms with Crippen LogP contribution >= 0.6 is 0 Å². The predicted octanol–water partition coefficient (Wildman–Crippen LogP) is 1.77. The number of aromatic nitrogens is 2. The first-order valence-electron chi connectivity index (χ1n) is 9.48. The summed E-state index contributed by atoms with van der Waals surface area (Å²) < 4.78 is 2.53. The van der Waals surface area contributed by atoms with Crippen LogP contribution in [0.4, 0.5) is 11.5 Å². The summed E-state index contributed by atoms with van der Waals surface area (Å²) in [5.74, 6) is -0.449. The van der Waals surface area contributed by atoms with E-state index < -0.39 is 11.2 Å². The second kappa shape index (κ2) is 7.82. The van der Waals surface area contributed by atoms with E-state index in [1.807, 2.05) is 38.1 Å². The monoisotopic (exact) mass is 370 g/mol. The molecule has 144 valence electrons. The molecule has 1 aromatic carbocycles. The average Bonchev–Trinajstić information content (AvgIpc) is 3.10. The van der Waals surface area contributed by atoms with Crippen molar-refractivity contribution in [3.05, 3.63) is 56.2 Å². The zero-order valence-corrected chi connectivity index (χ0v) is 15.8. The first-order valence-corrected chi connectivity index (χ1v) is 9.48. The lowest BCUT2D eigenvalue weighted by molar-refractivity contribution is -0.119. The molecule has 1 amide bonds. The summed E-state index contributed by atoms with van der Waals surface area (Å²) >= 11 is 0. The number of nitrogens with one attached hydrogen (secondary N) is 1. The van der Waals surface area contributed by atoms with Gasteiger partial charge < -0.3 is 11.1 Å². The Balaban J connectivity index is 1.93. The Bertz CT molecular complexity index is 949. The highest BCUT2D eigenvalue weighted by molar-refractivity contribution is 5.95. The number of carbonyl (C=O) groups excluding carboxylic acids is 1. The van der Waals surface area contributed by atoms with Crippen LogP contribution in [0.15, 0.2) is 33.9 Å². The van der Waals surface area contributed by atoms with Crippen LogP contribution in [0.1, 0.15) is 37.8 Å². The number of hydrogen-bond acceptors (Lipinski definition) is 4. The molecule has 1 aliphatic rings. The van der Waals surface area contributed by atoms with Gasteiger partial charge in [0.25, 0.3) is 5.56 Å².